The summed E-state index contributed by atoms with van der Waals surface area (Å²) in [7, 11) is -3.13. The van der Waals surface area contributed by atoms with E-state index in [1.54, 1.807) is 48.5 Å². The van der Waals surface area contributed by atoms with Gasteiger partial charge in [0.1, 0.15) is 6.54 Å². The summed E-state index contributed by atoms with van der Waals surface area (Å²) in [6, 6.07) is 13.5. The Kier molecular flexibility index (Phi) is 4.11. The highest BCUT2D eigenvalue weighted by Gasteiger charge is 2.27. The van der Waals surface area contributed by atoms with E-state index >= 15 is 0 Å². The zero-order chi connectivity index (χ0) is 17.3. The lowest BCUT2D eigenvalue weighted by atomic mass is 10.1. The molecule has 0 unspecified atom stereocenters. The molecule has 3 rings (SSSR count). The lowest BCUT2D eigenvalue weighted by Gasteiger charge is -2.29. The van der Waals surface area contributed by atoms with Gasteiger partial charge in [-0.3, -0.25) is 14.5 Å². The van der Waals surface area contributed by atoms with Crippen molar-refractivity contribution in [2.24, 2.45) is 0 Å². The highest BCUT2D eigenvalue weighted by Crippen LogP contribution is 2.30. The maximum Gasteiger partial charge on any atom is 0.258 e. The minimum Gasteiger partial charge on any atom is -0.323 e. The molecule has 0 saturated carbocycles. The zero-order valence-electron chi connectivity index (χ0n) is 13.0. The number of sulfone groups is 1. The van der Waals surface area contributed by atoms with Gasteiger partial charge in [-0.25, -0.2) is 8.42 Å². The maximum atomic E-state index is 12.7. The van der Waals surface area contributed by atoms with Gasteiger partial charge in [0.2, 0.25) is 5.91 Å². The first-order valence-electron chi connectivity index (χ1n) is 7.31. The molecule has 0 atom stereocenters. The molecule has 1 N–H and O–H groups in total. The number of anilines is 2. The first-order valence-corrected chi connectivity index (χ1v) is 9.37. The maximum absolute atomic E-state index is 12.7. The second-order valence-electron chi connectivity index (χ2n) is 5.72. The van der Waals surface area contributed by atoms with Gasteiger partial charge < -0.3 is 5.32 Å². The lowest BCUT2D eigenvalue weighted by molar-refractivity contribution is -0.115. The minimum atomic E-state index is -3.13. The van der Waals surface area contributed by atoms with Gasteiger partial charge in [-0.05, 0) is 29.8 Å². The fourth-order valence-corrected chi connectivity index (χ4v) is 3.41. The highest BCUT2D eigenvalue weighted by atomic mass is 32.2. The van der Waals surface area contributed by atoms with Crippen molar-refractivity contribution in [3.05, 3.63) is 59.7 Å². The summed E-state index contributed by atoms with van der Waals surface area (Å²) >= 11 is 0. The zero-order valence-corrected chi connectivity index (χ0v) is 13.8. The van der Waals surface area contributed by atoms with Crippen LogP contribution < -0.4 is 10.2 Å². The first-order chi connectivity index (χ1) is 11.3. The molecule has 0 aromatic heterocycles. The molecule has 2 aromatic carbocycles. The van der Waals surface area contributed by atoms with E-state index in [-0.39, 0.29) is 24.1 Å². The van der Waals surface area contributed by atoms with Crippen molar-refractivity contribution < 1.29 is 18.0 Å². The van der Waals surface area contributed by atoms with Crippen LogP contribution in [0.25, 0.3) is 0 Å². The molecule has 0 spiro atoms. The average Bonchev–Trinajstić information content (AvgIpc) is 2.52. The third-order valence-corrected chi connectivity index (χ3v) is 4.50. The fourth-order valence-electron chi connectivity index (χ4n) is 2.62. The van der Waals surface area contributed by atoms with Crippen LogP contribution in [0.5, 0.6) is 0 Å². The molecule has 24 heavy (non-hydrogen) atoms. The number of para-hydroxylation sites is 2. The van der Waals surface area contributed by atoms with Crippen molar-refractivity contribution in [3.63, 3.8) is 0 Å². The van der Waals surface area contributed by atoms with E-state index in [9.17, 15) is 18.0 Å². The number of carbonyl (C=O) groups is 2. The van der Waals surface area contributed by atoms with Crippen LogP contribution in [0.2, 0.25) is 0 Å². The number of rotatable bonds is 3. The molecule has 1 heterocycles. The molecule has 1 aliphatic heterocycles. The van der Waals surface area contributed by atoms with Crippen molar-refractivity contribution in [3.8, 4) is 0 Å². The van der Waals surface area contributed by atoms with E-state index in [2.05, 4.69) is 5.32 Å². The van der Waals surface area contributed by atoms with Crippen molar-refractivity contribution in [2.75, 3.05) is 23.0 Å². The van der Waals surface area contributed by atoms with Crippen molar-refractivity contribution in [2.45, 2.75) is 5.75 Å². The number of amides is 2. The summed E-state index contributed by atoms with van der Waals surface area (Å²) in [5.41, 5.74) is 2.25. The van der Waals surface area contributed by atoms with E-state index in [0.29, 0.717) is 22.5 Å². The van der Waals surface area contributed by atoms with Gasteiger partial charge in [0.15, 0.2) is 9.84 Å². The number of benzene rings is 2. The van der Waals surface area contributed by atoms with Crippen molar-refractivity contribution in [1.29, 1.82) is 0 Å². The van der Waals surface area contributed by atoms with Gasteiger partial charge in [0.25, 0.3) is 5.91 Å². The molecule has 2 amide bonds. The molecule has 2 aromatic rings. The van der Waals surface area contributed by atoms with E-state index < -0.39 is 9.84 Å². The van der Waals surface area contributed by atoms with E-state index in [0.717, 1.165) is 6.26 Å². The average molecular weight is 344 g/mol. The Morgan fingerprint density at radius 2 is 1.79 bits per heavy atom. The van der Waals surface area contributed by atoms with Crippen LogP contribution in [0.4, 0.5) is 11.4 Å². The Morgan fingerprint density at radius 3 is 2.46 bits per heavy atom. The summed E-state index contributed by atoms with van der Waals surface area (Å²) in [4.78, 5) is 26.0. The number of fused-ring (bicyclic) bond motifs is 1. The molecule has 0 radical (unpaired) electrons. The second kappa shape index (κ2) is 6.09. The summed E-state index contributed by atoms with van der Waals surface area (Å²) in [5, 5.41) is 2.73. The first kappa shape index (κ1) is 16.2. The van der Waals surface area contributed by atoms with Crippen LogP contribution in [0.3, 0.4) is 0 Å². The molecule has 7 heteroatoms. The predicted octanol–water partition coefficient (Wildman–Crippen LogP) is 1.83. The summed E-state index contributed by atoms with van der Waals surface area (Å²) in [5.74, 6) is -0.630. The van der Waals surface area contributed by atoms with Crippen LogP contribution in [-0.2, 0) is 20.4 Å². The molecule has 0 aliphatic carbocycles. The Balaban J connectivity index is 1.88. The molecule has 0 fully saturated rings. The lowest BCUT2D eigenvalue weighted by Crippen LogP contribution is -2.42. The van der Waals surface area contributed by atoms with Crippen LogP contribution >= 0.6 is 0 Å². The molecule has 6 nitrogen and oxygen atoms in total. The number of nitrogens with zero attached hydrogens (tertiary/aromatic N) is 1. The Hall–Kier alpha value is -2.67. The summed E-state index contributed by atoms with van der Waals surface area (Å²) in [6.45, 7) is -0.0546. The van der Waals surface area contributed by atoms with E-state index in [4.69, 9.17) is 0 Å². The Morgan fingerprint density at radius 1 is 1.12 bits per heavy atom. The predicted molar refractivity (Wildman–Crippen MR) is 91.7 cm³/mol. The normalized spacial score (nSPS) is 14.0. The highest BCUT2D eigenvalue weighted by molar-refractivity contribution is 7.89. The van der Waals surface area contributed by atoms with Gasteiger partial charge in [-0.15, -0.1) is 0 Å². The van der Waals surface area contributed by atoms with Crippen LogP contribution in [-0.4, -0.2) is 33.0 Å². The van der Waals surface area contributed by atoms with Gasteiger partial charge >= 0.3 is 0 Å². The largest absolute Gasteiger partial charge is 0.323 e. The molecule has 1 aliphatic rings. The minimum absolute atomic E-state index is 0.0546. The summed E-state index contributed by atoms with van der Waals surface area (Å²) < 4.78 is 22.6. The molecule has 0 saturated heterocycles. The summed E-state index contributed by atoms with van der Waals surface area (Å²) in [6.07, 6.45) is 1.16. The monoisotopic (exact) mass is 344 g/mol. The van der Waals surface area contributed by atoms with Gasteiger partial charge in [0, 0.05) is 11.8 Å². The smallest absolute Gasteiger partial charge is 0.258 e. The second-order valence-corrected chi connectivity index (χ2v) is 7.86. The van der Waals surface area contributed by atoms with Gasteiger partial charge in [-0.1, -0.05) is 24.3 Å². The quantitative estimate of drug-likeness (QED) is 0.921. The van der Waals surface area contributed by atoms with Crippen molar-refractivity contribution in [1.82, 2.24) is 0 Å². The van der Waals surface area contributed by atoms with Crippen LogP contribution in [0, 0.1) is 0 Å². The third kappa shape index (κ3) is 3.46. The van der Waals surface area contributed by atoms with E-state index in [1.165, 1.54) is 4.90 Å². The molecule has 0 bridgehead atoms. The van der Waals surface area contributed by atoms with Crippen molar-refractivity contribution >= 4 is 33.0 Å². The third-order valence-electron chi connectivity index (χ3n) is 3.65. The number of hydrogen-bond acceptors (Lipinski definition) is 4. The Bertz CT molecular complexity index is 904. The van der Waals surface area contributed by atoms with Gasteiger partial charge in [0.05, 0.1) is 17.1 Å². The van der Waals surface area contributed by atoms with E-state index in [1.807, 2.05) is 0 Å². The Labute approximate surface area is 140 Å². The molecular weight excluding hydrogens is 328 g/mol. The SMILES string of the molecule is CS(=O)(=O)Cc1ccc(C(=O)N2CC(=O)Nc3ccccc32)cc1. The molecular formula is C17H16N2O4S. The fraction of sp³-hybridized carbons (Fsp3) is 0.176. The van der Waals surface area contributed by atoms with Crippen LogP contribution in [0.1, 0.15) is 15.9 Å². The van der Waals surface area contributed by atoms with Gasteiger partial charge in [-0.2, -0.15) is 0 Å². The van der Waals surface area contributed by atoms with Crippen LogP contribution in [0.15, 0.2) is 48.5 Å². The molecule has 124 valence electrons. The standard InChI is InChI=1S/C17H16N2O4S/c1-24(22,23)11-12-6-8-13(9-7-12)17(21)19-10-16(20)18-14-4-2-3-5-15(14)19/h2-9H,10-11H2,1H3,(H,18,20). The number of carbonyl (C=O) groups excluding carboxylic acids is 2. The number of hydrogen-bond donors (Lipinski definition) is 1. The number of nitrogens with one attached hydrogen (secondary N) is 1. The topological polar surface area (TPSA) is 83.6 Å².